The van der Waals surface area contributed by atoms with Crippen LogP contribution in [0.25, 0.3) is 6.08 Å². The van der Waals surface area contributed by atoms with Crippen LogP contribution >= 0.6 is 11.9 Å². The minimum absolute atomic E-state index is 0.0236. The number of amidine groups is 3. The highest BCUT2D eigenvalue weighted by molar-refractivity contribution is 8.16. The SMILES string of the molecule is Cc1ccc(OCCCOc2ccc(C=C3C(=N)N4C(=NC3=O)SN=C4S(C)(=O)=O)cc2)cc1. The Hall–Kier alpha value is -3.44. The van der Waals surface area contributed by atoms with Gasteiger partial charge in [-0.25, -0.2) is 13.3 Å². The average Bonchev–Trinajstić information content (AvgIpc) is 3.23. The molecule has 0 aliphatic carbocycles. The molecule has 0 saturated carbocycles. The minimum Gasteiger partial charge on any atom is -0.493 e. The van der Waals surface area contributed by atoms with Crippen molar-refractivity contribution in [2.45, 2.75) is 13.3 Å². The van der Waals surface area contributed by atoms with E-state index in [2.05, 4.69) is 9.39 Å². The first-order valence-corrected chi connectivity index (χ1v) is 13.0. The van der Waals surface area contributed by atoms with Gasteiger partial charge in [-0.2, -0.15) is 9.39 Å². The minimum atomic E-state index is -3.69. The summed E-state index contributed by atoms with van der Waals surface area (Å²) >= 11 is 0.760. The smallest absolute Gasteiger partial charge is 0.283 e. The van der Waals surface area contributed by atoms with E-state index in [-0.39, 0.29) is 21.7 Å². The fraction of sp³-hybridized carbons (Fsp3) is 0.217. The van der Waals surface area contributed by atoms with Crippen LogP contribution in [0, 0.1) is 12.3 Å². The lowest BCUT2D eigenvalue weighted by molar-refractivity contribution is -0.114. The van der Waals surface area contributed by atoms with Crippen LogP contribution in [0.4, 0.5) is 0 Å². The summed E-state index contributed by atoms with van der Waals surface area (Å²) in [6, 6.07) is 14.9. The Kier molecular flexibility index (Phi) is 6.85. The highest BCUT2D eigenvalue weighted by Crippen LogP contribution is 2.29. The molecule has 2 heterocycles. The number of fused-ring (bicyclic) bond motifs is 1. The van der Waals surface area contributed by atoms with E-state index < -0.39 is 15.7 Å². The maximum Gasteiger partial charge on any atom is 0.283 e. The molecule has 176 valence electrons. The van der Waals surface area contributed by atoms with Gasteiger partial charge in [-0.05, 0) is 42.8 Å². The summed E-state index contributed by atoms with van der Waals surface area (Å²) in [4.78, 5) is 17.4. The number of benzene rings is 2. The van der Waals surface area contributed by atoms with Crippen molar-refractivity contribution in [3.8, 4) is 11.5 Å². The molecule has 0 atom stereocenters. The lowest BCUT2D eigenvalue weighted by Gasteiger charge is -2.23. The topological polar surface area (TPSA) is 121 Å². The lowest BCUT2D eigenvalue weighted by Crippen LogP contribution is -2.45. The van der Waals surface area contributed by atoms with Crippen molar-refractivity contribution in [3.05, 3.63) is 65.2 Å². The van der Waals surface area contributed by atoms with Crippen LogP contribution in [0.2, 0.25) is 0 Å². The number of sulfone groups is 1. The third-order valence-corrected chi connectivity index (χ3v) is 6.62. The second kappa shape index (κ2) is 9.82. The summed E-state index contributed by atoms with van der Waals surface area (Å²) in [7, 11) is -3.69. The molecule has 0 aromatic heterocycles. The first-order valence-electron chi connectivity index (χ1n) is 10.3. The predicted octanol–water partition coefficient (Wildman–Crippen LogP) is 3.46. The van der Waals surface area contributed by atoms with Gasteiger partial charge in [0.2, 0.25) is 20.2 Å². The molecule has 0 fully saturated rings. The molecule has 2 aromatic carbocycles. The fourth-order valence-corrected chi connectivity index (χ4v) is 4.98. The number of carbonyl (C=O) groups excluding carboxylic acids is 1. The number of aliphatic imine (C=N–C) groups is 1. The molecule has 1 amide bonds. The van der Waals surface area contributed by atoms with Gasteiger partial charge in [0.1, 0.15) is 17.3 Å². The molecule has 0 saturated heterocycles. The average molecular weight is 499 g/mol. The van der Waals surface area contributed by atoms with E-state index in [0.29, 0.717) is 30.9 Å². The van der Waals surface area contributed by atoms with E-state index in [0.717, 1.165) is 28.9 Å². The molecular weight excluding hydrogens is 476 g/mol. The van der Waals surface area contributed by atoms with Crippen LogP contribution in [-0.2, 0) is 14.6 Å². The highest BCUT2D eigenvalue weighted by atomic mass is 32.2. The van der Waals surface area contributed by atoms with E-state index in [9.17, 15) is 13.2 Å². The molecule has 9 nitrogen and oxygen atoms in total. The molecule has 0 bridgehead atoms. The summed E-state index contributed by atoms with van der Waals surface area (Å²) in [5.74, 6) is 0.579. The standard InChI is InChI=1S/C23H22N4O5S2/c1-15-4-8-17(9-5-15)31-12-3-13-32-18-10-6-16(7-11-18)14-19-20(24)27-22(25-21(19)28)33-26-23(27)34(2,29)30/h4-11,14,24H,3,12-13H2,1-2H3. The van der Waals surface area contributed by atoms with E-state index in [4.69, 9.17) is 14.9 Å². The second-order valence-corrected chi connectivity index (χ2v) is 10.3. The number of amides is 1. The van der Waals surface area contributed by atoms with Crippen molar-refractivity contribution in [2.24, 2.45) is 9.39 Å². The lowest BCUT2D eigenvalue weighted by atomic mass is 10.1. The normalized spacial score (nSPS) is 16.9. The van der Waals surface area contributed by atoms with Crippen molar-refractivity contribution < 1.29 is 22.7 Å². The quantitative estimate of drug-likeness (QED) is 0.352. The Labute approximate surface area is 201 Å². The van der Waals surface area contributed by atoms with E-state index >= 15 is 0 Å². The molecule has 1 N–H and O–H groups in total. The van der Waals surface area contributed by atoms with Gasteiger partial charge in [0, 0.05) is 12.7 Å². The molecular formula is C23H22N4O5S2. The van der Waals surface area contributed by atoms with Crippen LogP contribution in [0.1, 0.15) is 17.5 Å². The van der Waals surface area contributed by atoms with Gasteiger partial charge in [0.25, 0.3) is 5.91 Å². The van der Waals surface area contributed by atoms with E-state index in [1.165, 1.54) is 11.6 Å². The monoisotopic (exact) mass is 498 g/mol. The summed E-state index contributed by atoms with van der Waals surface area (Å²) in [6.07, 6.45) is 3.20. The number of nitrogens with zero attached hydrogens (tertiary/aromatic N) is 3. The Morgan fingerprint density at radius 1 is 1.03 bits per heavy atom. The van der Waals surface area contributed by atoms with Crippen molar-refractivity contribution >= 4 is 49.9 Å². The molecule has 2 aliphatic heterocycles. The Morgan fingerprint density at radius 3 is 2.21 bits per heavy atom. The Bertz CT molecular complexity index is 1310. The zero-order valence-corrected chi connectivity index (χ0v) is 20.1. The molecule has 2 aromatic rings. The number of carbonyl (C=O) groups is 1. The second-order valence-electron chi connectivity index (χ2n) is 7.61. The highest BCUT2D eigenvalue weighted by Gasteiger charge is 2.41. The summed E-state index contributed by atoms with van der Waals surface area (Å²) in [5.41, 5.74) is 1.80. The van der Waals surface area contributed by atoms with E-state index in [1.807, 2.05) is 31.2 Å². The van der Waals surface area contributed by atoms with Gasteiger partial charge >= 0.3 is 0 Å². The van der Waals surface area contributed by atoms with Gasteiger partial charge in [0.05, 0.1) is 30.7 Å². The van der Waals surface area contributed by atoms with Crippen molar-refractivity contribution in [1.82, 2.24) is 4.90 Å². The van der Waals surface area contributed by atoms with Crippen LogP contribution in [0.5, 0.6) is 11.5 Å². The third-order valence-electron chi connectivity index (χ3n) is 4.86. The number of ether oxygens (including phenoxy) is 2. The Morgan fingerprint density at radius 2 is 1.62 bits per heavy atom. The predicted molar refractivity (Wildman–Crippen MR) is 133 cm³/mol. The first-order chi connectivity index (χ1) is 16.2. The maximum absolute atomic E-state index is 12.4. The number of aryl methyl sites for hydroxylation is 1. The van der Waals surface area contributed by atoms with Crippen molar-refractivity contribution in [2.75, 3.05) is 19.5 Å². The summed E-state index contributed by atoms with van der Waals surface area (Å²) in [6.45, 7) is 3.04. The molecule has 11 heteroatoms. The number of hydrogen-bond acceptors (Lipinski definition) is 8. The van der Waals surface area contributed by atoms with Gasteiger partial charge in [-0.15, -0.1) is 0 Å². The van der Waals surface area contributed by atoms with Gasteiger partial charge < -0.3 is 9.47 Å². The van der Waals surface area contributed by atoms with Crippen LogP contribution in [-0.4, -0.2) is 54.9 Å². The van der Waals surface area contributed by atoms with Gasteiger partial charge in [0.15, 0.2) is 0 Å². The molecule has 0 radical (unpaired) electrons. The third kappa shape index (κ3) is 5.37. The summed E-state index contributed by atoms with van der Waals surface area (Å²) in [5, 5.41) is 8.12. The van der Waals surface area contributed by atoms with Crippen molar-refractivity contribution in [3.63, 3.8) is 0 Å². The maximum atomic E-state index is 12.4. The van der Waals surface area contributed by atoms with Crippen LogP contribution < -0.4 is 9.47 Å². The van der Waals surface area contributed by atoms with Crippen molar-refractivity contribution in [1.29, 1.82) is 5.41 Å². The largest absolute Gasteiger partial charge is 0.493 e. The molecule has 0 spiro atoms. The van der Waals surface area contributed by atoms with Crippen LogP contribution in [0.3, 0.4) is 0 Å². The molecule has 4 rings (SSSR count). The number of nitrogens with one attached hydrogen (secondary N) is 1. The number of rotatable bonds is 7. The van der Waals surface area contributed by atoms with Crippen LogP contribution in [0.15, 0.2) is 63.5 Å². The van der Waals surface area contributed by atoms with Gasteiger partial charge in [-0.3, -0.25) is 10.2 Å². The zero-order chi connectivity index (χ0) is 24.3. The first kappa shape index (κ1) is 23.7. The zero-order valence-electron chi connectivity index (χ0n) is 18.5. The van der Waals surface area contributed by atoms with E-state index in [1.54, 1.807) is 24.3 Å². The fourth-order valence-electron chi connectivity index (χ4n) is 3.14. The molecule has 0 unspecified atom stereocenters. The molecule has 2 aliphatic rings. The van der Waals surface area contributed by atoms with Gasteiger partial charge in [-0.1, -0.05) is 29.8 Å². The number of hydrogen-bond donors (Lipinski definition) is 1. The summed E-state index contributed by atoms with van der Waals surface area (Å²) < 4.78 is 39.2. The molecule has 34 heavy (non-hydrogen) atoms. The Balaban J connectivity index is 1.35.